The number of ketones is 1. The minimum absolute atomic E-state index is 0.454. The van der Waals surface area contributed by atoms with Gasteiger partial charge >= 0.3 is 0 Å². The van der Waals surface area contributed by atoms with Crippen molar-refractivity contribution in [3.8, 4) is 0 Å². The molecule has 70 valence electrons. The van der Waals surface area contributed by atoms with Crippen LogP contribution >= 0.6 is 0 Å². The molecule has 3 aliphatic rings. The highest BCUT2D eigenvalue weighted by Crippen LogP contribution is 2.49. The standard InChI is InChI=1S/C12H16O/c13-12-7-6-10-9-3-1-2-8(9)4-5-11(10)12/h5,8-10H,1-4,6-7H2. The van der Waals surface area contributed by atoms with Crippen LogP contribution < -0.4 is 0 Å². The van der Waals surface area contributed by atoms with Crippen molar-refractivity contribution in [3.05, 3.63) is 11.6 Å². The molecule has 2 saturated carbocycles. The lowest BCUT2D eigenvalue weighted by molar-refractivity contribution is -0.114. The van der Waals surface area contributed by atoms with Crippen LogP contribution in [0.25, 0.3) is 0 Å². The third-order valence-corrected chi connectivity index (χ3v) is 4.28. The molecule has 2 fully saturated rings. The van der Waals surface area contributed by atoms with Gasteiger partial charge in [-0.2, -0.15) is 0 Å². The maximum absolute atomic E-state index is 11.5. The van der Waals surface area contributed by atoms with E-state index >= 15 is 0 Å². The van der Waals surface area contributed by atoms with Gasteiger partial charge in [0.1, 0.15) is 0 Å². The van der Waals surface area contributed by atoms with E-state index in [0.717, 1.165) is 24.7 Å². The van der Waals surface area contributed by atoms with E-state index in [1.165, 1.54) is 31.3 Å². The van der Waals surface area contributed by atoms with Crippen LogP contribution in [0.5, 0.6) is 0 Å². The highest BCUT2D eigenvalue weighted by Gasteiger charge is 2.42. The van der Waals surface area contributed by atoms with Crippen LogP contribution in [0.1, 0.15) is 38.5 Å². The van der Waals surface area contributed by atoms with Crippen molar-refractivity contribution in [2.24, 2.45) is 17.8 Å². The quantitative estimate of drug-likeness (QED) is 0.554. The number of allylic oxidation sites excluding steroid dienone is 2. The van der Waals surface area contributed by atoms with E-state index in [0.29, 0.717) is 11.7 Å². The van der Waals surface area contributed by atoms with Crippen molar-refractivity contribution in [3.63, 3.8) is 0 Å². The van der Waals surface area contributed by atoms with E-state index in [1.54, 1.807) is 0 Å². The van der Waals surface area contributed by atoms with Crippen molar-refractivity contribution in [2.75, 3.05) is 0 Å². The highest BCUT2D eigenvalue weighted by molar-refractivity contribution is 5.98. The second-order valence-corrected chi connectivity index (χ2v) is 4.82. The molecule has 3 aliphatic carbocycles. The molecule has 3 rings (SSSR count). The number of carbonyl (C=O) groups is 1. The highest BCUT2D eigenvalue weighted by atomic mass is 16.1. The smallest absolute Gasteiger partial charge is 0.158 e. The lowest BCUT2D eigenvalue weighted by Crippen LogP contribution is -2.22. The molecule has 0 aromatic rings. The number of hydrogen-bond acceptors (Lipinski definition) is 1. The molecule has 0 aromatic heterocycles. The fourth-order valence-corrected chi connectivity index (χ4v) is 3.67. The topological polar surface area (TPSA) is 17.1 Å². The molecular weight excluding hydrogens is 160 g/mol. The summed E-state index contributed by atoms with van der Waals surface area (Å²) in [5.74, 6) is 2.94. The first-order chi connectivity index (χ1) is 6.36. The molecule has 0 heterocycles. The first kappa shape index (κ1) is 7.78. The Balaban J connectivity index is 1.94. The maximum atomic E-state index is 11.5. The second-order valence-electron chi connectivity index (χ2n) is 4.82. The summed E-state index contributed by atoms with van der Waals surface area (Å²) in [5.41, 5.74) is 1.21. The van der Waals surface area contributed by atoms with Gasteiger partial charge in [-0.25, -0.2) is 0 Å². The summed E-state index contributed by atoms with van der Waals surface area (Å²) < 4.78 is 0. The molecule has 1 nitrogen and oxygen atoms in total. The lowest BCUT2D eigenvalue weighted by atomic mass is 9.75. The van der Waals surface area contributed by atoms with E-state index in [1.807, 2.05) is 0 Å². The van der Waals surface area contributed by atoms with Crippen molar-refractivity contribution < 1.29 is 4.79 Å². The minimum atomic E-state index is 0.454. The molecule has 13 heavy (non-hydrogen) atoms. The van der Waals surface area contributed by atoms with Crippen LogP contribution in [0.15, 0.2) is 11.6 Å². The summed E-state index contributed by atoms with van der Waals surface area (Å²) >= 11 is 0. The zero-order valence-electron chi connectivity index (χ0n) is 7.96. The zero-order valence-corrected chi connectivity index (χ0v) is 7.96. The predicted molar refractivity (Wildman–Crippen MR) is 51.3 cm³/mol. The van der Waals surface area contributed by atoms with Crippen molar-refractivity contribution in [2.45, 2.75) is 38.5 Å². The van der Waals surface area contributed by atoms with Crippen LogP contribution in [-0.4, -0.2) is 5.78 Å². The van der Waals surface area contributed by atoms with E-state index in [2.05, 4.69) is 6.08 Å². The van der Waals surface area contributed by atoms with Gasteiger partial charge in [0, 0.05) is 6.42 Å². The predicted octanol–water partition coefficient (Wildman–Crippen LogP) is 2.71. The number of rotatable bonds is 0. The minimum Gasteiger partial charge on any atom is -0.295 e. The Labute approximate surface area is 79.2 Å². The van der Waals surface area contributed by atoms with Gasteiger partial charge in [-0.3, -0.25) is 4.79 Å². The van der Waals surface area contributed by atoms with Crippen LogP contribution in [0.2, 0.25) is 0 Å². The SMILES string of the molecule is O=C1CCC2C1=CCC1CCCC12. The van der Waals surface area contributed by atoms with Gasteiger partial charge in [0.15, 0.2) is 5.78 Å². The maximum Gasteiger partial charge on any atom is 0.158 e. The molecule has 0 aromatic carbocycles. The molecule has 3 atom stereocenters. The molecule has 0 saturated heterocycles. The number of fused-ring (bicyclic) bond motifs is 3. The summed E-state index contributed by atoms with van der Waals surface area (Å²) in [6.45, 7) is 0. The van der Waals surface area contributed by atoms with Crippen LogP contribution in [0.3, 0.4) is 0 Å². The Kier molecular flexibility index (Phi) is 1.61. The molecular formula is C12H16O. The Hall–Kier alpha value is -0.590. The van der Waals surface area contributed by atoms with Gasteiger partial charge < -0.3 is 0 Å². The number of carbonyl (C=O) groups excluding carboxylic acids is 1. The summed E-state index contributed by atoms with van der Waals surface area (Å²) in [6.07, 6.45) is 9.65. The van der Waals surface area contributed by atoms with Crippen molar-refractivity contribution in [1.29, 1.82) is 0 Å². The van der Waals surface area contributed by atoms with Gasteiger partial charge in [-0.1, -0.05) is 12.5 Å². The Bertz CT molecular complexity index is 277. The molecule has 0 N–H and O–H groups in total. The van der Waals surface area contributed by atoms with Gasteiger partial charge in [0.25, 0.3) is 0 Å². The molecule has 0 bridgehead atoms. The first-order valence-corrected chi connectivity index (χ1v) is 5.59. The molecule has 0 radical (unpaired) electrons. The fraction of sp³-hybridized carbons (Fsp3) is 0.750. The molecule has 1 heteroatoms. The third-order valence-electron chi connectivity index (χ3n) is 4.28. The molecule has 0 amide bonds. The van der Waals surface area contributed by atoms with Gasteiger partial charge in [0.2, 0.25) is 0 Å². The van der Waals surface area contributed by atoms with E-state index in [-0.39, 0.29) is 0 Å². The van der Waals surface area contributed by atoms with E-state index in [9.17, 15) is 4.79 Å². The largest absolute Gasteiger partial charge is 0.295 e. The van der Waals surface area contributed by atoms with Crippen LogP contribution in [-0.2, 0) is 4.79 Å². The number of Topliss-reactive ketones (excluding diaryl/α,β-unsaturated/α-hetero) is 1. The fourth-order valence-electron chi connectivity index (χ4n) is 3.67. The molecule has 3 unspecified atom stereocenters. The zero-order chi connectivity index (χ0) is 8.84. The van der Waals surface area contributed by atoms with Gasteiger partial charge in [-0.15, -0.1) is 0 Å². The van der Waals surface area contributed by atoms with E-state index in [4.69, 9.17) is 0 Å². The summed E-state index contributed by atoms with van der Waals surface area (Å²) in [4.78, 5) is 11.5. The monoisotopic (exact) mass is 176 g/mol. The van der Waals surface area contributed by atoms with Crippen molar-refractivity contribution >= 4 is 5.78 Å². The normalized spacial score (nSPS) is 42.9. The first-order valence-electron chi connectivity index (χ1n) is 5.59. The van der Waals surface area contributed by atoms with Crippen molar-refractivity contribution in [1.82, 2.24) is 0 Å². The summed E-state index contributed by atoms with van der Waals surface area (Å²) in [5, 5.41) is 0. The van der Waals surface area contributed by atoms with Gasteiger partial charge in [-0.05, 0) is 49.0 Å². The van der Waals surface area contributed by atoms with Crippen LogP contribution in [0, 0.1) is 17.8 Å². The van der Waals surface area contributed by atoms with E-state index < -0.39 is 0 Å². The lowest BCUT2D eigenvalue weighted by Gasteiger charge is -2.29. The third kappa shape index (κ3) is 1.02. The molecule has 0 spiro atoms. The van der Waals surface area contributed by atoms with Gasteiger partial charge in [0.05, 0.1) is 0 Å². The average molecular weight is 176 g/mol. The molecule has 0 aliphatic heterocycles. The average Bonchev–Trinajstić information content (AvgIpc) is 2.70. The Morgan fingerprint density at radius 3 is 3.08 bits per heavy atom. The number of hydrogen-bond donors (Lipinski definition) is 0. The summed E-state index contributed by atoms with van der Waals surface area (Å²) in [7, 11) is 0. The second kappa shape index (κ2) is 2.70. The Morgan fingerprint density at radius 1 is 1.23 bits per heavy atom. The Morgan fingerprint density at radius 2 is 2.15 bits per heavy atom. The van der Waals surface area contributed by atoms with Crippen LogP contribution in [0.4, 0.5) is 0 Å². The summed E-state index contributed by atoms with van der Waals surface area (Å²) in [6, 6.07) is 0.